The predicted molar refractivity (Wildman–Crippen MR) is 295 cm³/mol. The summed E-state index contributed by atoms with van der Waals surface area (Å²) >= 11 is 3.30. The standard InChI is InChI=1S/C34H44BrNO9S.C27H39NO7/c1-43-33(40)34-18-24(34)8-6-4-2-3-5-7-21(16-31(38)44-26-14-22-13-23(22)15-26)32(39)36-20-27(17-29(36)30(37)19-34)45-46(41,42)28-11-9-25(35)10-12-28;29-20-12-22-23(30)14-27(26(33)34)13-19(27)7-5-3-1-2-4-6-16(25(32)28(22)15-20)11-24(31)35-21-9-17-8-18(17)10-21/h9-12,21-24,26-27,29H,2-8,13-20H2,1H3;16-22,29H,1-15H2,(H,33,34)/t21-,22-,23+,24-,26?,27+,29+,34-;16-,17-,18+,19-,20-,21?,22+,27-/m11/s1. The normalized spacial score (nSPS) is 37.8. The molecular weight excluding hydrogens is 1130 g/mol. The average molecular weight is 1210 g/mol. The largest absolute Gasteiger partial charge is 0.481 e. The van der Waals surface area contributed by atoms with Gasteiger partial charge in [-0.1, -0.05) is 80.1 Å². The Kier molecular flexibility index (Phi) is 18.6. The Morgan fingerprint density at radius 1 is 0.593 bits per heavy atom. The van der Waals surface area contributed by atoms with Crippen LogP contribution >= 0.6 is 15.9 Å². The van der Waals surface area contributed by atoms with E-state index in [0.29, 0.717) is 53.8 Å². The van der Waals surface area contributed by atoms with Gasteiger partial charge in [0.1, 0.15) is 12.2 Å². The Hall–Kier alpha value is -4.27. The van der Waals surface area contributed by atoms with E-state index in [0.717, 1.165) is 103 Å². The van der Waals surface area contributed by atoms with Crippen molar-refractivity contribution in [3.63, 3.8) is 0 Å². The van der Waals surface area contributed by atoms with E-state index < -0.39 is 75.0 Å². The Balaban J connectivity index is 0.000000189. The third kappa shape index (κ3) is 14.1. The first-order valence-corrected chi connectivity index (χ1v) is 32.7. The van der Waals surface area contributed by atoms with Crippen molar-refractivity contribution in [3.05, 3.63) is 28.7 Å². The number of carboxylic acids is 1. The van der Waals surface area contributed by atoms with E-state index >= 15 is 0 Å². The fourth-order valence-electron chi connectivity index (χ4n) is 15.4. The monoisotopic (exact) mass is 1210 g/mol. The minimum Gasteiger partial charge on any atom is -0.481 e. The number of nitrogens with zero attached hydrogens (tertiary/aromatic N) is 2. The van der Waals surface area contributed by atoms with Crippen LogP contribution < -0.4 is 0 Å². The number of rotatable bonds is 11. The molecule has 4 aliphatic heterocycles. The second kappa shape index (κ2) is 25.1. The molecule has 4 heterocycles. The summed E-state index contributed by atoms with van der Waals surface area (Å²) in [5.74, 6) is -1.86. The number of methoxy groups -OCH3 is 1. The van der Waals surface area contributed by atoms with Crippen LogP contribution in [0.5, 0.6) is 0 Å². The van der Waals surface area contributed by atoms with E-state index in [2.05, 4.69) is 15.9 Å². The van der Waals surface area contributed by atoms with Gasteiger partial charge in [0.25, 0.3) is 10.1 Å². The lowest BCUT2D eigenvalue weighted by Crippen LogP contribution is -2.45. The SMILES string of the molecule is COC(=O)[C@]12CC(=O)[C@@H]3C[C@H](OS(=O)(=O)c4ccc(Br)cc4)CN3C(=O)[C@@H](CC(=O)OC3C[C@@H]4C[C@@H]4C3)CCCCCCC[C@@H]1C2.O=C(C[C@H]1CCCCCCC[C@@H]2C[C@@]2(C(=O)O)CC(=O)[C@@H]2C[C@@H](O)CN2C1=O)OC1C[C@@H]2C[C@@H]2C1. The molecule has 1 aromatic carbocycles. The van der Waals surface area contributed by atoms with Crippen molar-refractivity contribution in [1.29, 1.82) is 0 Å². The molecule has 81 heavy (non-hydrogen) atoms. The van der Waals surface area contributed by atoms with Gasteiger partial charge in [0.15, 0.2) is 11.6 Å². The molecule has 0 bridgehead atoms. The molecule has 10 fully saturated rings. The first-order valence-electron chi connectivity index (χ1n) is 30.5. The zero-order chi connectivity index (χ0) is 57.4. The number of ketones is 2. The average Bonchev–Trinajstić information content (AvgIpc) is 4.37. The Morgan fingerprint density at radius 3 is 1.54 bits per heavy atom. The summed E-state index contributed by atoms with van der Waals surface area (Å²) in [6.07, 6.45) is 17.0. The number of aliphatic hydroxyl groups excluding tert-OH is 1. The molecule has 20 heteroatoms. The lowest BCUT2D eigenvalue weighted by molar-refractivity contribution is -0.155. The highest BCUT2D eigenvalue weighted by Crippen LogP contribution is 2.60. The number of ether oxygens (including phenoxy) is 3. The molecule has 0 aromatic heterocycles. The molecule has 11 rings (SSSR count). The van der Waals surface area contributed by atoms with Crippen LogP contribution in [0.2, 0.25) is 0 Å². The van der Waals surface area contributed by atoms with Crippen LogP contribution in [0.3, 0.4) is 0 Å². The van der Waals surface area contributed by atoms with Gasteiger partial charge in [0.05, 0.1) is 60.0 Å². The highest BCUT2D eigenvalue weighted by atomic mass is 79.9. The number of hydrogen-bond donors (Lipinski definition) is 2. The van der Waals surface area contributed by atoms with E-state index in [1.54, 1.807) is 12.1 Å². The Labute approximate surface area is 484 Å². The molecular formula is C61H83BrN2O16S. The minimum absolute atomic E-state index is 0.000685. The van der Waals surface area contributed by atoms with Crippen molar-refractivity contribution < 1.29 is 75.4 Å². The fraction of sp³-hybridized carbons (Fsp3) is 0.770. The molecule has 16 atom stereocenters. The highest BCUT2D eigenvalue weighted by molar-refractivity contribution is 9.10. The summed E-state index contributed by atoms with van der Waals surface area (Å²) in [7, 11) is -2.87. The molecule has 1 aromatic rings. The van der Waals surface area contributed by atoms with Gasteiger partial charge >= 0.3 is 23.9 Å². The summed E-state index contributed by atoms with van der Waals surface area (Å²) in [5, 5.41) is 20.2. The van der Waals surface area contributed by atoms with Gasteiger partial charge in [-0.2, -0.15) is 8.42 Å². The van der Waals surface area contributed by atoms with Crippen molar-refractivity contribution in [1.82, 2.24) is 9.80 Å². The van der Waals surface area contributed by atoms with Crippen LogP contribution in [0, 0.1) is 58.2 Å². The molecule has 10 aliphatic rings. The zero-order valence-corrected chi connectivity index (χ0v) is 49.3. The quantitative estimate of drug-likeness (QED) is 0.120. The number of halogens is 1. The molecule has 18 nitrogen and oxygen atoms in total. The first kappa shape index (κ1) is 59.9. The van der Waals surface area contributed by atoms with Crippen LogP contribution in [0.15, 0.2) is 33.6 Å². The number of hydrogen-bond acceptors (Lipinski definition) is 15. The van der Waals surface area contributed by atoms with Gasteiger partial charge in [-0.15, -0.1) is 0 Å². The van der Waals surface area contributed by atoms with Crippen LogP contribution in [-0.2, 0) is 66.9 Å². The van der Waals surface area contributed by atoms with Gasteiger partial charge in [-0.3, -0.25) is 42.5 Å². The fourth-order valence-corrected chi connectivity index (χ4v) is 16.7. The molecule has 6 saturated carbocycles. The summed E-state index contributed by atoms with van der Waals surface area (Å²) in [6, 6.07) is 4.24. The smallest absolute Gasteiger partial charge is 0.312 e. The van der Waals surface area contributed by atoms with Gasteiger partial charge in [-0.25, -0.2) is 0 Å². The Morgan fingerprint density at radius 2 is 1.04 bits per heavy atom. The van der Waals surface area contributed by atoms with Gasteiger partial charge in [0, 0.05) is 55.1 Å². The van der Waals surface area contributed by atoms with Gasteiger partial charge in [-0.05, 0) is 137 Å². The maximum absolute atomic E-state index is 14.3. The molecule has 2 N–H and O–H groups in total. The van der Waals surface area contributed by atoms with Gasteiger partial charge in [0.2, 0.25) is 11.8 Å². The third-order valence-corrected chi connectivity index (χ3v) is 22.3. The number of Topliss-reactive ketones (excluding diaryl/α,β-unsaturated/α-hetero) is 2. The number of amides is 2. The number of aliphatic hydroxyl groups is 1. The molecule has 0 spiro atoms. The predicted octanol–water partition coefficient (Wildman–Crippen LogP) is 8.45. The molecule has 0 radical (unpaired) electrons. The summed E-state index contributed by atoms with van der Waals surface area (Å²) in [4.78, 5) is 109. The summed E-state index contributed by atoms with van der Waals surface area (Å²) in [5.41, 5.74) is -1.95. The van der Waals surface area contributed by atoms with E-state index in [9.17, 15) is 57.0 Å². The number of fused-ring (bicyclic) bond motifs is 6. The highest BCUT2D eigenvalue weighted by Gasteiger charge is 2.63. The van der Waals surface area contributed by atoms with Crippen molar-refractivity contribution in [2.45, 2.75) is 221 Å². The molecule has 446 valence electrons. The number of carboxylic acid groups (broad SMARTS) is 1. The van der Waals surface area contributed by atoms with Crippen molar-refractivity contribution in [2.24, 2.45) is 58.2 Å². The van der Waals surface area contributed by atoms with Crippen molar-refractivity contribution >= 4 is 73.3 Å². The van der Waals surface area contributed by atoms with E-state index in [4.69, 9.17) is 18.4 Å². The van der Waals surface area contributed by atoms with Crippen LogP contribution in [0.4, 0.5) is 0 Å². The lowest BCUT2D eigenvalue weighted by Gasteiger charge is -2.29. The molecule has 2 unspecified atom stereocenters. The second-order valence-electron chi connectivity index (χ2n) is 26.1. The zero-order valence-electron chi connectivity index (χ0n) is 46.9. The maximum atomic E-state index is 14.3. The third-order valence-electron chi connectivity index (χ3n) is 20.4. The Bertz CT molecular complexity index is 2650. The van der Waals surface area contributed by atoms with Crippen LogP contribution in [0.25, 0.3) is 0 Å². The molecule has 2 amide bonds. The number of carbonyl (C=O) groups excluding carboxylic acids is 7. The van der Waals surface area contributed by atoms with Crippen LogP contribution in [0.1, 0.15) is 180 Å². The lowest BCUT2D eigenvalue weighted by atomic mass is 9.90. The molecule has 4 saturated heterocycles. The van der Waals surface area contributed by atoms with Crippen molar-refractivity contribution in [2.75, 3.05) is 20.2 Å². The minimum atomic E-state index is -4.19. The maximum Gasteiger partial charge on any atom is 0.312 e. The van der Waals surface area contributed by atoms with Crippen LogP contribution in [-0.4, -0.2) is 132 Å². The summed E-state index contributed by atoms with van der Waals surface area (Å²) in [6.45, 7) is -0.0620. The van der Waals surface area contributed by atoms with E-state index in [-0.39, 0.29) is 110 Å². The number of esters is 3. The van der Waals surface area contributed by atoms with Gasteiger partial charge < -0.3 is 34.2 Å². The second-order valence-corrected chi connectivity index (χ2v) is 28.6. The summed E-state index contributed by atoms with van der Waals surface area (Å²) < 4.78 is 49.4. The van der Waals surface area contributed by atoms with E-state index in [1.165, 1.54) is 41.9 Å². The first-order chi connectivity index (χ1) is 38.7. The number of aliphatic carboxylic acids is 1. The number of carbonyl (C=O) groups is 8. The van der Waals surface area contributed by atoms with Crippen molar-refractivity contribution in [3.8, 4) is 0 Å². The topological polar surface area (TPSA) is 255 Å². The van der Waals surface area contributed by atoms with E-state index in [1.807, 2.05) is 0 Å². The number of benzene rings is 1. The molecule has 6 aliphatic carbocycles.